The van der Waals surface area contributed by atoms with Crippen LogP contribution in [0.2, 0.25) is 0 Å². The Hall–Kier alpha value is 0.526. The molecule has 0 radical (unpaired) electrons. The zero-order valence-electron chi connectivity index (χ0n) is 3.84. The lowest BCUT2D eigenvalue weighted by molar-refractivity contribution is -0.115. The Kier molecular flexibility index (Phi) is 21.7. The largest absolute Gasteiger partial charge is 0.351 e. The summed E-state index contributed by atoms with van der Waals surface area (Å²) in [5.74, 6) is 0. The van der Waals surface area contributed by atoms with Gasteiger partial charge in [-0.2, -0.15) is 0 Å². The lowest BCUT2D eigenvalue weighted by Crippen LogP contribution is -2.06. The molecule has 0 aliphatic heterocycles. The van der Waals surface area contributed by atoms with Crippen molar-refractivity contribution in [3.05, 3.63) is 0 Å². The number of nitrogens with zero attached hydrogens (tertiary/aromatic N) is 1. The molecule has 0 saturated heterocycles. The molecule has 0 aliphatic carbocycles. The van der Waals surface area contributed by atoms with Crippen LogP contribution < -0.4 is 0 Å². The number of carbonyl (C=O) groups excluding carboxylic acids is 1. The van der Waals surface area contributed by atoms with Crippen LogP contribution in [-0.2, 0) is 4.79 Å². The van der Waals surface area contributed by atoms with E-state index in [1.165, 1.54) is 4.90 Å². The van der Waals surface area contributed by atoms with Gasteiger partial charge in [-0.15, -0.1) is 12.4 Å². The van der Waals surface area contributed by atoms with E-state index in [1.807, 2.05) is 0 Å². The zero-order chi connectivity index (χ0) is 4.28. The van der Waals surface area contributed by atoms with Crippen LogP contribution >= 0.6 is 12.4 Å². The number of hydrogen-bond donors (Lipinski definition) is 0. The second-order valence-electron chi connectivity index (χ2n) is 1.07. The van der Waals surface area contributed by atoms with Crippen molar-refractivity contribution in [3.8, 4) is 0 Å². The van der Waals surface area contributed by atoms with Crippen molar-refractivity contribution in [2.75, 3.05) is 14.1 Å². The summed E-state index contributed by atoms with van der Waals surface area (Å²) in [6, 6.07) is 0. The minimum Gasteiger partial charge on any atom is -0.351 e. The number of hydrogen-bond acceptors (Lipinski definition) is 1. The quantitative estimate of drug-likeness (QED) is 0.341. The lowest BCUT2D eigenvalue weighted by atomic mass is 11.0. The molecule has 4 heteroatoms. The molecule has 0 unspecified atom stereocenters. The summed E-state index contributed by atoms with van der Waals surface area (Å²) < 4.78 is 0. The number of rotatable bonds is 1. The van der Waals surface area contributed by atoms with Gasteiger partial charge in [0.25, 0.3) is 0 Å². The second-order valence-corrected chi connectivity index (χ2v) is 1.07. The molecule has 7 heavy (non-hydrogen) atoms. The number of amides is 1. The minimum atomic E-state index is 0. The fourth-order valence-corrected chi connectivity index (χ4v) is 0. The van der Waals surface area contributed by atoms with Gasteiger partial charge < -0.3 is 4.90 Å². The van der Waals surface area contributed by atoms with Gasteiger partial charge in [-0.3, -0.25) is 4.79 Å². The lowest BCUT2D eigenvalue weighted by Gasteiger charge is -1.93. The second kappa shape index (κ2) is 9.73. The highest BCUT2D eigenvalue weighted by Gasteiger charge is 1.68. The molecule has 0 rings (SSSR count). The van der Waals surface area contributed by atoms with Crippen LogP contribution in [0.25, 0.3) is 0 Å². The third-order valence-corrected chi connectivity index (χ3v) is 0.211. The number of carbonyl (C=O) groups is 1. The maximum absolute atomic E-state index is 9.43. The molecule has 0 heterocycles. The molecule has 0 fully saturated rings. The van der Waals surface area contributed by atoms with Gasteiger partial charge in [0.15, 0.2) is 0 Å². The fraction of sp³-hybridized carbons (Fsp3) is 0.667. The highest BCUT2D eigenvalue weighted by Crippen LogP contribution is 1.52. The zero-order valence-corrected chi connectivity index (χ0v) is 4.66. The highest BCUT2D eigenvalue weighted by molar-refractivity contribution is 5.85. The molecular weight excluding hydrogens is 126 g/mol. The molecule has 0 bridgehead atoms. The smallest absolute Gasteiger partial charge is 0.316 e. The molecular formula is C3H10ClMgNO. The third kappa shape index (κ3) is 21.0. The predicted molar refractivity (Wildman–Crippen MR) is 35.5 cm³/mol. The van der Waals surface area contributed by atoms with Crippen LogP contribution in [-0.4, -0.2) is 48.5 Å². The molecule has 0 aliphatic rings. The summed E-state index contributed by atoms with van der Waals surface area (Å²) in [5, 5.41) is 0. The summed E-state index contributed by atoms with van der Waals surface area (Å²) in [7, 11) is 3.38. The topological polar surface area (TPSA) is 20.3 Å². The monoisotopic (exact) mass is 135 g/mol. The van der Waals surface area contributed by atoms with Crippen molar-refractivity contribution in [2.24, 2.45) is 0 Å². The van der Waals surface area contributed by atoms with Gasteiger partial charge in [0.1, 0.15) is 0 Å². The maximum atomic E-state index is 9.43. The minimum absolute atomic E-state index is 0. The van der Waals surface area contributed by atoms with Crippen molar-refractivity contribution >= 4 is 41.9 Å². The average molecular weight is 136 g/mol. The van der Waals surface area contributed by atoms with Gasteiger partial charge in [-0.1, -0.05) is 0 Å². The first-order valence-corrected chi connectivity index (χ1v) is 1.39. The van der Waals surface area contributed by atoms with Gasteiger partial charge >= 0.3 is 23.1 Å². The maximum Gasteiger partial charge on any atom is 0.316 e. The third-order valence-electron chi connectivity index (χ3n) is 0.211. The van der Waals surface area contributed by atoms with Crippen LogP contribution in [0.1, 0.15) is 0 Å². The molecule has 1 amide bonds. The molecule has 2 nitrogen and oxygen atoms in total. The van der Waals surface area contributed by atoms with E-state index < -0.39 is 0 Å². The van der Waals surface area contributed by atoms with Gasteiger partial charge in [0, 0.05) is 14.1 Å². The summed E-state index contributed by atoms with van der Waals surface area (Å²) in [6.45, 7) is 0. The van der Waals surface area contributed by atoms with E-state index in [1.54, 1.807) is 14.1 Å². The van der Waals surface area contributed by atoms with Crippen molar-refractivity contribution in [1.82, 2.24) is 4.90 Å². The van der Waals surface area contributed by atoms with Crippen LogP contribution in [0.4, 0.5) is 0 Å². The van der Waals surface area contributed by atoms with Gasteiger partial charge in [0.05, 0.1) is 0 Å². The van der Waals surface area contributed by atoms with E-state index in [4.69, 9.17) is 0 Å². The predicted octanol–water partition coefficient (Wildman–Crippen LogP) is -0.790. The van der Waals surface area contributed by atoms with E-state index in [0.29, 0.717) is 0 Å². The van der Waals surface area contributed by atoms with Crippen LogP contribution in [0.3, 0.4) is 0 Å². The van der Waals surface area contributed by atoms with Gasteiger partial charge in [-0.25, -0.2) is 0 Å². The highest BCUT2D eigenvalue weighted by atomic mass is 35.5. The molecule has 0 aromatic carbocycles. The Labute approximate surface area is 65.8 Å². The molecule has 0 atom stereocenters. The van der Waals surface area contributed by atoms with Crippen molar-refractivity contribution in [2.45, 2.75) is 0 Å². The Morgan fingerprint density at radius 2 is 1.57 bits per heavy atom. The normalized spacial score (nSPS) is 4.86. The van der Waals surface area contributed by atoms with E-state index in [0.717, 1.165) is 6.41 Å². The summed E-state index contributed by atoms with van der Waals surface area (Å²) in [5.41, 5.74) is 0. The molecule has 0 aromatic heterocycles. The molecule has 0 spiro atoms. The standard InChI is InChI=1S/C3H7NO.ClH.Mg.2H/c1-4(2)3-5;;;;/h3H,1-2H3;1H;;;. The summed E-state index contributed by atoms with van der Waals surface area (Å²) in [6.07, 6.45) is 0.750. The van der Waals surface area contributed by atoms with Crippen molar-refractivity contribution < 1.29 is 4.79 Å². The summed E-state index contributed by atoms with van der Waals surface area (Å²) >= 11 is 0. The fourth-order valence-electron chi connectivity index (χ4n) is 0. The van der Waals surface area contributed by atoms with Crippen LogP contribution in [0, 0.1) is 0 Å². The Balaban J connectivity index is -0.0000000800. The van der Waals surface area contributed by atoms with Crippen LogP contribution in [0.5, 0.6) is 0 Å². The SMILES string of the molecule is CN(C)C=O.Cl.[MgH2]. The van der Waals surface area contributed by atoms with Crippen molar-refractivity contribution in [1.29, 1.82) is 0 Å². The molecule has 42 valence electrons. The van der Waals surface area contributed by atoms with E-state index in [9.17, 15) is 4.79 Å². The summed E-state index contributed by atoms with van der Waals surface area (Å²) in [4.78, 5) is 10.9. The van der Waals surface area contributed by atoms with Gasteiger partial charge in [0.2, 0.25) is 6.41 Å². The Morgan fingerprint density at radius 3 is 1.57 bits per heavy atom. The van der Waals surface area contributed by atoms with E-state index in [2.05, 4.69) is 0 Å². The average Bonchev–Trinajstić information content (AvgIpc) is 1.38. The first-order chi connectivity index (χ1) is 2.27. The Bertz CT molecular complexity index is 41.9. The number of halogens is 1. The molecule has 0 N–H and O–H groups in total. The van der Waals surface area contributed by atoms with Gasteiger partial charge in [-0.05, 0) is 0 Å². The van der Waals surface area contributed by atoms with Crippen molar-refractivity contribution in [3.63, 3.8) is 0 Å². The molecule has 0 saturated carbocycles. The first kappa shape index (κ1) is 15.6. The van der Waals surface area contributed by atoms with E-state index >= 15 is 0 Å². The van der Waals surface area contributed by atoms with E-state index in [-0.39, 0.29) is 35.5 Å². The van der Waals surface area contributed by atoms with Crippen LogP contribution in [0.15, 0.2) is 0 Å². The molecule has 0 aromatic rings. The first-order valence-electron chi connectivity index (χ1n) is 1.39. The Morgan fingerprint density at radius 1 is 1.43 bits per heavy atom.